The standard InChI is InChI=1S/C13H21NO3S/c1-10-5-7-13(8-6-10)18(16,17)14(4)11(2)9-12(3)15/h5-8,11-12,15H,9H2,1-4H3. The highest BCUT2D eigenvalue weighted by molar-refractivity contribution is 7.89. The number of aliphatic hydroxyl groups is 1. The summed E-state index contributed by atoms with van der Waals surface area (Å²) >= 11 is 0. The molecule has 1 aromatic carbocycles. The predicted molar refractivity (Wildman–Crippen MR) is 71.9 cm³/mol. The quantitative estimate of drug-likeness (QED) is 0.888. The van der Waals surface area contributed by atoms with Crippen molar-refractivity contribution in [2.24, 2.45) is 0 Å². The molecule has 1 N–H and O–H groups in total. The van der Waals surface area contributed by atoms with Gasteiger partial charge in [0.2, 0.25) is 10.0 Å². The van der Waals surface area contributed by atoms with E-state index in [-0.39, 0.29) is 10.9 Å². The van der Waals surface area contributed by atoms with Crippen LogP contribution in [0.3, 0.4) is 0 Å². The first-order valence-corrected chi connectivity index (χ1v) is 7.42. The molecular formula is C13H21NO3S. The van der Waals surface area contributed by atoms with Crippen LogP contribution in [-0.2, 0) is 10.0 Å². The van der Waals surface area contributed by atoms with E-state index in [1.165, 1.54) is 4.31 Å². The second-order valence-electron chi connectivity index (χ2n) is 4.77. The van der Waals surface area contributed by atoms with Crippen molar-refractivity contribution in [2.75, 3.05) is 7.05 Å². The molecule has 1 rings (SSSR count). The van der Waals surface area contributed by atoms with Crippen molar-refractivity contribution in [3.8, 4) is 0 Å². The summed E-state index contributed by atoms with van der Waals surface area (Å²) in [5.41, 5.74) is 1.02. The predicted octanol–water partition coefficient (Wildman–Crippen LogP) is 1.77. The monoisotopic (exact) mass is 271 g/mol. The second-order valence-corrected chi connectivity index (χ2v) is 6.77. The maximum absolute atomic E-state index is 12.3. The van der Waals surface area contributed by atoms with Gasteiger partial charge in [0.15, 0.2) is 0 Å². The Morgan fingerprint density at radius 2 is 1.72 bits per heavy atom. The molecule has 0 saturated heterocycles. The van der Waals surface area contributed by atoms with Crippen LogP contribution in [0.2, 0.25) is 0 Å². The summed E-state index contributed by atoms with van der Waals surface area (Å²) in [6.45, 7) is 5.36. The number of aliphatic hydroxyl groups excluding tert-OH is 1. The van der Waals surface area contributed by atoms with Gasteiger partial charge in [0.05, 0.1) is 11.0 Å². The van der Waals surface area contributed by atoms with Crippen LogP contribution in [0.5, 0.6) is 0 Å². The van der Waals surface area contributed by atoms with Gasteiger partial charge in [-0.05, 0) is 39.3 Å². The zero-order chi connectivity index (χ0) is 13.9. The molecule has 4 nitrogen and oxygen atoms in total. The Bertz CT molecular complexity index is 479. The van der Waals surface area contributed by atoms with Crippen molar-refractivity contribution in [2.45, 2.75) is 44.2 Å². The van der Waals surface area contributed by atoms with Gasteiger partial charge in [0.1, 0.15) is 0 Å². The Morgan fingerprint density at radius 1 is 1.22 bits per heavy atom. The first-order valence-electron chi connectivity index (χ1n) is 5.98. The Hall–Kier alpha value is -0.910. The lowest BCUT2D eigenvalue weighted by Crippen LogP contribution is -2.36. The van der Waals surface area contributed by atoms with E-state index in [9.17, 15) is 13.5 Å². The van der Waals surface area contributed by atoms with Crippen molar-refractivity contribution < 1.29 is 13.5 Å². The SMILES string of the molecule is Cc1ccc(S(=O)(=O)N(C)C(C)CC(C)O)cc1. The Labute approximate surface area is 109 Å². The smallest absolute Gasteiger partial charge is 0.243 e. The highest BCUT2D eigenvalue weighted by Gasteiger charge is 2.25. The number of hydrogen-bond donors (Lipinski definition) is 1. The Morgan fingerprint density at radius 3 is 2.17 bits per heavy atom. The summed E-state index contributed by atoms with van der Waals surface area (Å²) < 4.78 is 25.9. The Kier molecular flexibility index (Phi) is 4.90. The van der Waals surface area contributed by atoms with Gasteiger partial charge in [0, 0.05) is 13.1 Å². The van der Waals surface area contributed by atoms with Crippen LogP contribution in [0, 0.1) is 6.92 Å². The minimum Gasteiger partial charge on any atom is -0.393 e. The van der Waals surface area contributed by atoms with Crippen LogP contribution in [0.15, 0.2) is 29.2 Å². The molecule has 0 radical (unpaired) electrons. The maximum Gasteiger partial charge on any atom is 0.243 e. The Balaban J connectivity index is 2.96. The van der Waals surface area contributed by atoms with Gasteiger partial charge < -0.3 is 5.11 Å². The number of rotatable bonds is 5. The minimum absolute atomic E-state index is 0.240. The summed E-state index contributed by atoms with van der Waals surface area (Å²) in [6.07, 6.45) is -0.0997. The van der Waals surface area contributed by atoms with Crippen LogP contribution >= 0.6 is 0 Å². The molecule has 0 aromatic heterocycles. The van der Waals surface area contributed by atoms with Gasteiger partial charge in [-0.15, -0.1) is 0 Å². The molecule has 0 bridgehead atoms. The van der Waals surface area contributed by atoms with Gasteiger partial charge in [-0.25, -0.2) is 8.42 Å². The van der Waals surface area contributed by atoms with Gasteiger partial charge in [-0.3, -0.25) is 0 Å². The number of nitrogens with zero attached hydrogens (tertiary/aromatic N) is 1. The topological polar surface area (TPSA) is 57.6 Å². The lowest BCUT2D eigenvalue weighted by Gasteiger charge is -2.25. The molecule has 0 amide bonds. The third-order valence-corrected chi connectivity index (χ3v) is 4.99. The van der Waals surface area contributed by atoms with E-state index < -0.39 is 16.1 Å². The lowest BCUT2D eigenvalue weighted by atomic mass is 10.2. The summed E-state index contributed by atoms with van der Waals surface area (Å²) in [4.78, 5) is 0.285. The fraction of sp³-hybridized carbons (Fsp3) is 0.538. The van der Waals surface area contributed by atoms with E-state index in [4.69, 9.17) is 0 Å². The van der Waals surface area contributed by atoms with Crippen LogP contribution in [0.25, 0.3) is 0 Å². The van der Waals surface area contributed by atoms with Gasteiger partial charge >= 0.3 is 0 Å². The molecule has 5 heteroatoms. The summed E-state index contributed by atoms with van der Waals surface area (Å²) in [6, 6.07) is 6.53. The number of sulfonamides is 1. The molecular weight excluding hydrogens is 250 g/mol. The molecule has 2 atom stereocenters. The molecule has 102 valence electrons. The van der Waals surface area contributed by atoms with Crippen LogP contribution < -0.4 is 0 Å². The molecule has 0 aliphatic heterocycles. The number of aryl methyl sites for hydroxylation is 1. The molecule has 0 heterocycles. The van der Waals surface area contributed by atoms with Crippen molar-refractivity contribution in [3.05, 3.63) is 29.8 Å². The second kappa shape index (κ2) is 5.82. The molecule has 0 saturated carbocycles. The first-order chi connectivity index (χ1) is 8.25. The average Bonchev–Trinajstić information content (AvgIpc) is 2.27. The highest BCUT2D eigenvalue weighted by atomic mass is 32.2. The molecule has 18 heavy (non-hydrogen) atoms. The molecule has 0 aliphatic rings. The normalized spacial score (nSPS) is 15.7. The molecule has 0 fully saturated rings. The number of hydrogen-bond acceptors (Lipinski definition) is 3. The average molecular weight is 271 g/mol. The van der Waals surface area contributed by atoms with E-state index in [1.54, 1.807) is 45.2 Å². The molecule has 0 spiro atoms. The highest BCUT2D eigenvalue weighted by Crippen LogP contribution is 2.18. The van der Waals surface area contributed by atoms with Crippen LogP contribution in [0.4, 0.5) is 0 Å². The van der Waals surface area contributed by atoms with Crippen LogP contribution in [0.1, 0.15) is 25.8 Å². The van der Waals surface area contributed by atoms with E-state index >= 15 is 0 Å². The van der Waals surface area contributed by atoms with Crippen molar-refractivity contribution in [1.29, 1.82) is 0 Å². The molecule has 1 aromatic rings. The fourth-order valence-electron chi connectivity index (χ4n) is 1.76. The fourth-order valence-corrected chi connectivity index (χ4v) is 3.13. The van der Waals surface area contributed by atoms with Crippen molar-refractivity contribution >= 4 is 10.0 Å². The van der Waals surface area contributed by atoms with E-state index in [0.717, 1.165) is 5.56 Å². The summed E-state index contributed by atoms with van der Waals surface area (Å²) in [5, 5.41) is 9.32. The van der Waals surface area contributed by atoms with E-state index in [0.29, 0.717) is 6.42 Å². The van der Waals surface area contributed by atoms with Gasteiger partial charge in [-0.1, -0.05) is 17.7 Å². The van der Waals surface area contributed by atoms with Crippen molar-refractivity contribution in [3.63, 3.8) is 0 Å². The summed E-state index contributed by atoms with van der Waals surface area (Å²) in [5.74, 6) is 0. The van der Waals surface area contributed by atoms with E-state index in [2.05, 4.69) is 0 Å². The van der Waals surface area contributed by atoms with Gasteiger partial charge in [-0.2, -0.15) is 4.31 Å². The molecule has 2 unspecified atom stereocenters. The van der Waals surface area contributed by atoms with Crippen molar-refractivity contribution in [1.82, 2.24) is 4.31 Å². The minimum atomic E-state index is -3.48. The summed E-state index contributed by atoms with van der Waals surface area (Å²) in [7, 11) is -1.93. The number of benzene rings is 1. The largest absolute Gasteiger partial charge is 0.393 e. The zero-order valence-electron chi connectivity index (χ0n) is 11.3. The third kappa shape index (κ3) is 3.54. The molecule has 0 aliphatic carbocycles. The van der Waals surface area contributed by atoms with Gasteiger partial charge in [0.25, 0.3) is 0 Å². The lowest BCUT2D eigenvalue weighted by molar-refractivity contribution is 0.158. The zero-order valence-corrected chi connectivity index (χ0v) is 12.1. The van der Waals surface area contributed by atoms with Crippen LogP contribution in [-0.4, -0.2) is 37.0 Å². The third-order valence-electron chi connectivity index (χ3n) is 3.00. The van der Waals surface area contributed by atoms with E-state index in [1.807, 2.05) is 6.92 Å². The first kappa shape index (κ1) is 15.1. The maximum atomic E-state index is 12.3.